The van der Waals surface area contributed by atoms with Gasteiger partial charge in [-0.05, 0) is 18.6 Å². The van der Waals surface area contributed by atoms with Gasteiger partial charge in [0.1, 0.15) is 0 Å². The molecule has 4 nitrogen and oxygen atoms in total. The SMILES string of the molecule is NC(=O)C(N)CCSc1ccccn1. The highest BCUT2D eigenvalue weighted by Crippen LogP contribution is 2.15. The fourth-order valence-electron chi connectivity index (χ4n) is 0.865. The molecule has 76 valence electrons. The Labute approximate surface area is 87.1 Å². The van der Waals surface area contributed by atoms with Crippen molar-refractivity contribution < 1.29 is 4.79 Å². The molecule has 1 aromatic rings. The summed E-state index contributed by atoms with van der Waals surface area (Å²) in [6.45, 7) is 0. The van der Waals surface area contributed by atoms with Crippen molar-refractivity contribution in [2.45, 2.75) is 17.5 Å². The molecule has 0 fully saturated rings. The van der Waals surface area contributed by atoms with E-state index in [4.69, 9.17) is 11.5 Å². The summed E-state index contributed by atoms with van der Waals surface area (Å²) >= 11 is 1.57. The van der Waals surface area contributed by atoms with Crippen LogP contribution >= 0.6 is 11.8 Å². The van der Waals surface area contributed by atoms with Crippen molar-refractivity contribution in [3.63, 3.8) is 0 Å². The maximum Gasteiger partial charge on any atom is 0.234 e. The lowest BCUT2D eigenvalue weighted by atomic mass is 10.2. The second-order valence-corrected chi connectivity index (χ2v) is 3.93. The van der Waals surface area contributed by atoms with E-state index >= 15 is 0 Å². The van der Waals surface area contributed by atoms with Crippen LogP contribution in [0.4, 0.5) is 0 Å². The molecule has 0 aromatic carbocycles. The Morgan fingerprint density at radius 3 is 2.93 bits per heavy atom. The zero-order valence-electron chi connectivity index (χ0n) is 7.72. The first kappa shape index (κ1) is 11.0. The fraction of sp³-hybridized carbons (Fsp3) is 0.333. The van der Waals surface area contributed by atoms with Crippen molar-refractivity contribution in [1.29, 1.82) is 0 Å². The van der Waals surface area contributed by atoms with Crippen LogP contribution in [0.2, 0.25) is 0 Å². The first-order valence-corrected chi connectivity index (χ1v) is 5.27. The van der Waals surface area contributed by atoms with Crippen molar-refractivity contribution in [1.82, 2.24) is 4.98 Å². The Morgan fingerprint density at radius 1 is 1.57 bits per heavy atom. The second-order valence-electron chi connectivity index (χ2n) is 2.81. The molecule has 1 amide bonds. The number of carbonyl (C=O) groups excluding carboxylic acids is 1. The minimum absolute atomic E-state index is 0.452. The summed E-state index contributed by atoms with van der Waals surface area (Å²) in [5.41, 5.74) is 10.5. The third kappa shape index (κ3) is 3.76. The molecule has 0 spiro atoms. The number of pyridine rings is 1. The molecule has 1 heterocycles. The summed E-state index contributed by atoms with van der Waals surface area (Å²) in [4.78, 5) is 14.7. The van der Waals surface area contributed by atoms with Gasteiger partial charge in [0.25, 0.3) is 0 Å². The molecule has 5 heteroatoms. The maximum absolute atomic E-state index is 10.6. The summed E-state index contributed by atoms with van der Waals surface area (Å²) in [7, 11) is 0. The number of carbonyl (C=O) groups is 1. The molecule has 0 saturated carbocycles. The van der Waals surface area contributed by atoms with Gasteiger partial charge in [-0.1, -0.05) is 6.07 Å². The molecule has 4 N–H and O–H groups in total. The van der Waals surface area contributed by atoms with Crippen LogP contribution in [0.5, 0.6) is 0 Å². The Balaban J connectivity index is 2.26. The summed E-state index contributed by atoms with van der Waals surface area (Å²) < 4.78 is 0. The number of nitrogens with zero attached hydrogens (tertiary/aromatic N) is 1. The number of rotatable bonds is 5. The van der Waals surface area contributed by atoms with E-state index in [2.05, 4.69) is 4.98 Å². The lowest BCUT2D eigenvalue weighted by Gasteiger charge is -2.05. The average Bonchev–Trinajstić information content (AvgIpc) is 2.19. The van der Waals surface area contributed by atoms with E-state index in [1.165, 1.54) is 0 Å². The minimum atomic E-state index is -0.550. The predicted molar refractivity (Wildman–Crippen MR) is 56.7 cm³/mol. The van der Waals surface area contributed by atoms with Crippen molar-refractivity contribution in [3.05, 3.63) is 24.4 Å². The van der Waals surface area contributed by atoms with Crippen LogP contribution < -0.4 is 11.5 Å². The van der Waals surface area contributed by atoms with Crippen molar-refractivity contribution in [2.75, 3.05) is 5.75 Å². The van der Waals surface area contributed by atoms with Gasteiger partial charge in [0.15, 0.2) is 0 Å². The zero-order chi connectivity index (χ0) is 10.4. The van der Waals surface area contributed by atoms with Gasteiger partial charge in [-0.15, -0.1) is 11.8 Å². The molecule has 1 aromatic heterocycles. The fourth-order valence-corrected chi connectivity index (χ4v) is 1.76. The number of primary amides is 1. The summed E-state index contributed by atoms with van der Waals surface area (Å²) in [6, 6.07) is 5.15. The van der Waals surface area contributed by atoms with E-state index in [1.807, 2.05) is 18.2 Å². The van der Waals surface area contributed by atoms with Crippen molar-refractivity contribution in [2.24, 2.45) is 11.5 Å². The Hall–Kier alpha value is -1.07. The van der Waals surface area contributed by atoms with E-state index < -0.39 is 11.9 Å². The van der Waals surface area contributed by atoms with Gasteiger partial charge >= 0.3 is 0 Å². The Morgan fingerprint density at radius 2 is 2.36 bits per heavy atom. The van der Waals surface area contributed by atoms with Gasteiger partial charge in [0, 0.05) is 11.9 Å². The van der Waals surface area contributed by atoms with E-state index in [1.54, 1.807) is 18.0 Å². The Kier molecular flexibility index (Phi) is 4.42. The number of nitrogens with two attached hydrogens (primary N) is 2. The number of hydrogen-bond donors (Lipinski definition) is 2. The van der Waals surface area contributed by atoms with E-state index in [0.29, 0.717) is 6.42 Å². The van der Waals surface area contributed by atoms with E-state index in [-0.39, 0.29) is 0 Å². The highest BCUT2D eigenvalue weighted by molar-refractivity contribution is 7.99. The van der Waals surface area contributed by atoms with E-state index in [9.17, 15) is 4.79 Å². The maximum atomic E-state index is 10.6. The molecule has 1 rings (SSSR count). The third-order valence-corrected chi connectivity index (χ3v) is 2.66. The summed E-state index contributed by atoms with van der Waals surface area (Å²) in [6.07, 6.45) is 2.31. The van der Waals surface area contributed by atoms with Crippen LogP contribution in [0.3, 0.4) is 0 Å². The van der Waals surface area contributed by atoms with Gasteiger partial charge in [-0.25, -0.2) is 4.98 Å². The number of hydrogen-bond acceptors (Lipinski definition) is 4. The van der Waals surface area contributed by atoms with Crippen LogP contribution in [0.15, 0.2) is 29.4 Å². The minimum Gasteiger partial charge on any atom is -0.368 e. The highest BCUT2D eigenvalue weighted by atomic mass is 32.2. The standard InChI is InChI=1S/C9H13N3OS/c10-7(9(11)13)4-6-14-8-3-1-2-5-12-8/h1-3,5,7H,4,6,10H2,(H2,11,13). The van der Waals surface area contributed by atoms with Crippen LogP contribution in [-0.2, 0) is 4.79 Å². The monoisotopic (exact) mass is 211 g/mol. The number of aromatic nitrogens is 1. The van der Waals surface area contributed by atoms with Gasteiger partial charge < -0.3 is 11.5 Å². The summed E-state index contributed by atoms with van der Waals surface area (Å²) in [5, 5.41) is 0.934. The third-order valence-electron chi connectivity index (χ3n) is 1.68. The second kappa shape index (κ2) is 5.62. The van der Waals surface area contributed by atoms with Crippen molar-refractivity contribution >= 4 is 17.7 Å². The average molecular weight is 211 g/mol. The van der Waals surface area contributed by atoms with Crippen LogP contribution in [0, 0.1) is 0 Å². The highest BCUT2D eigenvalue weighted by Gasteiger charge is 2.08. The molecular weight excluding hydrogens is 198 g/mol. The molecule has 0 aliphatic heterocycles. The zero-order valence-corrected chi connectivity index (χ0v) is 8.54. The molecule has 0 saturated heterocycles. The normalized spacial score (nSPS) is 12.4. The van der Waals surface area contributed by atoms with Crippen LogP contribution in [0.1, 0.15) is 6.42 Å². The summed E-state index contributed by atoms with van der Waals surface area (Å²) in [5.74, 6) is 0.299. The van der Waals surface area contributed by atoms with E-state index in [0.717, 1.165) is 10.8 Å². The first-order chi connectivity index (χ1) is 6.70. The largest absolute Gasteiger partial charge is 0.368 e. The molecular formula is C9H13N3OS. The van der Waals surface area contributed by atoms with Crippen molar-refractivity contribution in [3.8, 4) is 0 Å². The molecule has 0 bridgehead atoms. The van der Waals surface area contributed by atoms with Crippen LogP contribution in [0.25, 0.3) is 0 Å². The smallest absolute Gasteiger partial charge is 0.234 e. The van der Waals surface area contributed by atoms with Gasteiger partial charge in [-0.3, -0.25) is 4.79 Å². The molecule has 0 aliphatic rings. The van der Waals surface area contributed by atoms with Crippen LogP contribution in [-0.4, -0.2) is 22.7 Å². The lowest BCUT2D eigenvalue weighted by molar-refractivity contribution is -0.119. The lowest BCUT2D eigenvalue weighted by Crippen LogP contribution is -2.36. The number of thioether (sulfide) groups is 1. The molecule has 1 unspecified atom stereocenters. The molecule has 0 aliphatic carbocycles. The first-order valence-electron chi connectivity index (χ1n) is 4.29. The van der Waals surface area contributed by atoms with Gasteiger partial charge in [0.2, 0.25) is 5.91 Å². The van der Waals surface area contributed by atoms with Gasteiger partial charge in [0.05, 0.1) is 11.1 Å². The topological polar surface area (TPSA) is 82.0 Å². The van der Waals surface area contributed by atoms with Gasteiger partial charge in [-0.2, -0.15) is 0 Å². The molecule has 1 atom stereocenters. The quantitative estimate of drug-likeness (QED) is 0.690. The number of amides is 1. The molecule has 14 heavy (non-hydrogen) atoms. The molecule has 0 radical (unpaired) electrons. The Bertz CT molecular complexity index is 291. The predicted octanol–water partition coefficient (Wildman–Crippen LogP) is 0.376.